The third-order valence-corrected chi connectivity index (χ3v) is 5.10. The summed E-state index contributed by atoms with van der Waals surface area (Å²) in [5.41, 5.74) is -1.78. The molecule has 0 aliphatic rings. The molecule has 0 spiro atoms. The molecule has 0 saturated heterocycles. The third kappa shape index (κ3) is 3.87. The molecular formula is C20H21F4N3O. The first-order chi connectivity index (χ1) is 13.2. The number of aromatic amines is 1. The van der Waals surface area contributed by atoms with E-state index in [-0.39, 0.29) is 5.56 Å². The molecule has 2 heterocycles. The number of halogens is 4. The van der Waals surface area contributed by atoms with Crippen molar-refractivity contribution in [3.8, 4) is 0 Å². The fraction of sp³-hybridized carbons (Fsp3) is 0.400. The van der Waals surface area contributed by atoms with Gasteiger partial charge in [-0.1, -0.05) is 13.0 Å². The summed E-state index contributed by atoms with van der Waals surface area (Å²) in [4.78, 5) is 2.92. The molecule has 3 rings (SSSR count). The van der Waals surface area contributed by atoms with Crippen LogP contribution in [0, 0.1) is 12.7 Å². The summed E-state index contributed by atoms with van der Waals surface area (Å²) in [6, 6.07) is 6.99. The number of hydrogen-bond donors (Lipinski definition) is 2. The van der Waals surface area contributed by atoms with E-state index in [2.05, 4.69) is 15.2 Å². The molecule has 2 aromatic heterocycles. The van der Waals surface area contributed by atoms with Gasteiger partial charge < -0.3 is 10.1 Å². The lowest BCUT2D eigenvalue weighted by molar-refractivity contribution is -0.113. The van der Waals surface area contributed by atoms with Gasteiger partial charge >= 0.3 is 0 Å². The Hall–Kier alpha value is -2.48. The monoisotopic (exact) mass is 395 g/mol. The molecule has 0 amide bonds. The zero-order valence-electron chi connectivity index (χ0n) is 15.5. The van der Waals surface area contributed by atoms with Crippen molar-refractivity contribution in [2.75, 3.05) is 6.67 Å². The van der Waals surface area contributed by atoms with Crippen LogP contribution in [0.15, 0.2) is 36.5 Å². The maximum absolute atomic E-state index is 14.0. The van der Waals surface area contributed by atoms with Crippen LogP contribution in [0.5, 0.6) is 0 Å². The van der Waals surface area contributed by atoms with Crippen LogP contribution in [0.25, 0.3) is 11.0 Å². The molecule has 0 fully saturated rings. The van der Waals surface area contributed by atoms with E-state index in [1.165, 1.54) is 31.3 Å². The number of nitrogens with zero attached hydrogens (tertiary/aromatic N) is 2. The summed E-state index contributed by atoms with van der Waals surface area (Å²) in [7, 11) is 0. The molecule has 3 aromatic rings. The average molecular weight is 395 g/mol. The second-order valence-electron chi connectivity index (χ2n) is 7.54. The van der Waals surface area contributed by atoms with Crippen molar-refractivity contribution in [1.82, 2.24) is 15.2 Å². The van der Waals surface area contributed by atoms with Crippen molar-refractivity contribution in [3.05, 3.63) is 59.2 Å². The highest BCUT2D eigenvalue weighted by Crippen LogP contribution is 2.39. The quantitative estimate of drug-likeness (QED) is 0.588. The van der Waals surface area contributed by atoms with Gasteiger partial charge in [0.1, 0.15) is 16.9 Å². The Morgan fingerprint density at radius 3 is 2.61 bits per heavy atom. The fourth-order valence-corrected chi connectivity index (χ4v) is 3.71. The highest BCUT2D eigenvalue weighted by Gasteiger charge is 2.46. The van der Waals surface area contributed by atoms with Crippen LogP contribution in [0.2, 0.25) is 0 Å². The van der Waals surface area contributed by atoms with Gasteiger partial charge in [-0.15, -0.1) is 5.10 Å². The second kappa shape index (κ2) is 7.50. The Kier molecular flexibility index (Phi) is 5.43. The number of hydrogen-bond acceptors (Lipinski definition) is 3. The smallest absolute Gasteiger partial charge is 0.267 e. The largest absolute Gasteiger partial charge is 0.383 e. The van der Waals surface area contributed by atoms with Crippen molar-refractivity contribution in [3.63, 3.8) is 0 Å². The third-order valence-electron chi connectivity index (χ3n) is 5.10. The van der Waals surface area contributed by atoms with Gasteiger partial charge in [0.25, 0.3) is 6.43 Å². The van der Waals surface area contributed by atoms with Gasteiger partial charge in [0.05, 0.1) is 18.4 Å². The van der Waals surface area contributed by atoms with E-state index >= 15 is 0 Å². The minimum absolute atomic E-state index is 0.261. The van der Waals surface area contributed by atoms with Gasteiger partial charge in [-0.05, 0) is 48.7 Å². The summed E-state index contributed by atoms with van der Waals surface area (Å²) in [6.45, 7) is 2.05. The molecule has 0 bridgehead atoms. The molecule has 1 aromatic carbocycles. The van der Waals surface area contributed by atoms with E-state index in [0.29, 0.717) is 22.3 Å². The number of nitrogens with one attached hydrogen (secondary N) is 1. The number of aryl methyl sites for hydroxylation is 1. The van der Waals surface area contributed by atoms with Gasteiger partial charge in [0, 0.05) is 17.5 Å². The Labute approximate surface area is 159 Å². The molecule has 4 nitrogen and oxygen atoms in total. The summed E-state index contributed by atoms with van der Waals surface area (Å²) >= 11 is 0. The van der Waals surface area contributed by atoms with E-state index < -0.39 is 42.8 Å². The van der Waals surface area contributed by atoms with Crippen molar-refractivity contribution in [1.29, 1.82) is 0 Å². The molecular weight excluding hydrogens is 374 g/mol. The lowest BCUT2D eigenvalue weighted by Gasteiger charge is -2.37. The van der Waals surface area contributed by atoms with E-state index in [9.17, 15) is 22.7 Å². The Morgan fingerprint density at radius 1 is 1.21 bits per heavy atom. The summed E-state index contributed by atoms with van der Waals surface area (Å²) in [5, 5.41) is 18.4. The van der Waals surface area contributed by atoms with Crippen LogP contribution in [-0.2, 0) is 11.8 Å². The van der Waals surface area contributed by atoms with E-state index in [1.807, 2.05) is 0 Å². The minimum Gasteiger partial charge on any atom is -0.383 e. The van der Waals surface area contributed by atoms with Crippen LogP contribution in [0.4, 0.5) is 17.6 Å². The zero-order chi connectivity index (χ0) is 20.5. The van der Waals surface area contributed by atoms with Gasteiger partial charge in [-0.3, -0.25) is 4.39 Å². The lowest BCUT2D eigenvalue weighted by atomic mass is 9.72. The first-order valence-electron chi connectivity index (χ1n) is 8.79. The number of H-pyrrole nitrogens is 1. The van der Waals surface area contributed by atoms with Gasteiger partial charge in [0.2, 0.25) is 0 Å². The van der Waals surface area contributed by atoms with Gasteiger partial charge in [-0.25, -0.2) is 13.2 Å². The Morgan fingerprint density at radius 2 is 1.96 bits per heavy atom. The zero-order valence-corrected chi connectivity index (χ0v) is 15.5. The molecule has 2 unspecified atom stereocenters. The van der Waals surface area contributed by atoms with Crippen molar-refractivity contribution >= 4 is 11.0 Å². The van der Waals surface area contributed by atoms with Crippen LogP contribution in [0.3, 0.4) is 0 Å². The van der Waals surface area contributed by atoms with Crippen molar-refractivity contribution < 1.29 is 22.7 Å². The molecule has 2 atom stereocenters. The number of aromatic nitrogens is 3. The molecule has 8 heteroatoms. The maximum atomic E-state index is 14.0. The first kappa shape index (κ1) is 20.3. The normalized spacial score (nSPS) is 16.3. The molecule has 2 N–H and O–H groups in total. The van der Waals surface area contributed by atoms with Crippen LogP contribution in [-0.4, -0.2) is 39.0 Å². The number of fused-ring (bicyclic) bond motifs is 1. The van der Waals surface area contributed by atoms with Gasteiger partial charge in [-0.2, -0.15) is 5.10 Å². The summed E-state index contributed by atoms with van der Waals surface area (Å²) in [6.07, 6.45) is -2.70. The highest BCUT2D eigenvalue weighted by atomic mass is 19.3. The Balaban J connectivity index is 1.96. The molecule has 0 saturated carbocycles. The van der Waals surface area contributed by atoms with Crippen LogP contribution >= 0.6 is 0 Å². The number of benzene rings is 1. The second-order valence-corrected chi connectivity index (χ2v) is 7.54. The maximum Gasteiger partial charge on any atom is 0.267 e. The predicted octanol–water partition coefficient (Wildman–Crippen LogP) is 4.26. The van der Waals surface area contributed by atoms with E-state index in [0.717, 1.165) is 6.07 Å². The Bertz CT molecular complexity index is 944. The number of aliphatic hydroxyl groups is 1. The van der Waals surface area contributed by atoms with E-state index in [4.69, 9.17) is 0 Å². The van der Waals surface area contributed by atoms with Crippen molar-refractivity contribution in [2.24, 2.45) is 0 Å². The molecule has 150 valence electrons. The van der Waals surface area contributed by atoms with Crippen LogP contribution < -0.4 is 0 Å². The minimum atomic E-state index is -3.13. The first-order valence-corrected chi connectivity index (χ1v) is 8.79. The SMILES string of the molecule is Cc1ccc(F)cc1C(C)(CF)CC(O)(Cc1cc2nnccc2[nH]1)C(F)F. The lowest BCUT2D eigenvalue weighted by Crippen LogP contribution is -2.46. The average Bonchev–Trinajstić information content (AvgIpc) is 3.05. The summed E-state index contributed by atoms with van der Waals surface area (Å²) < 4.78 is 55.6. The topological polar surface area (TPSA) is 61.8 Å². The van der Waals surface area contributed by atoms with Crippen molar-refractivity contribution in [2.45, 2.75) is 44.1 Å². The number of alkyl halides is 3. The summed E-state index contributed by atoms with van der Waals surface area (Å²) in [5.74, 6) is -0.588. The van der Waals surface area contributed by atoms with E-state index in [1.54, 1.807) is 13.0 Å². The van der Waals surface area contributed by atoms with Crippen LogP contribution in [0.1, 0.15) is 30.2 Å². The number of rotatable bonds is 7. The fourth-order valence-electron chi connectivity index (χ4n) is 3.71. The standard InChI is InChI=1S/C20H21F4N3O/c1-12-3-4-13(22)7-15(12)19(2,11-21)10-20(28,18(23)24)9-14-8-17-16(26-14)5-6-25-27-17/h3-8,18,26,28H,9-11H2,1-2H3. The van der Waals surface area contributed by atoms with Gasteiger partial charge in [0.15, 0.2) is 0 Å². The predicted molar refractivity (Wildman–Crippen MR) is 97.6 cm³/mol. The molecule has 0 aliphatic carbocycles. The highest BCUT2D eigenvalue weighted by molar-refractivity contribution is 5.74. The molecule has 28 heavy (non-hydrogen) atoms. The molecule has 0 radical (unpaired) electrons. The molecule has 0 aliphatic heterocycles.